The second kappa shape index (κ2) is 7.27. The van der Waals surface area contributed by atoms with Gasteiger partial charge in [0.05, 0.1) is 18.3 Å². The molecular formula is C21H25ClN6O2. The molecular weight excluding hydrogens is 404 g/mol. The van der Waals surface area contributed by atoms with Crippen LogP contribution in [0.2, 0.25) is 0 Å². The average Bonchev–Trinajstić information content (AvgIpc) is 3.65. The van der Waals surface area contributed by atoms with Gasteiger partial charge in [-0.25, -0.2) is 9.97 Å². The summed E-state index contributed by atoms with van der Waals surface area (Å²) in [5, 5.41) is 3.69. The number of hydrogen-bond donors (Lipinski definition) is 1. The van der Waals surface area contributed by atoms with Gasteiger partial charge < -0.3 is 19.4 Å². The maximum atomic E-state index is 13.2. The van der Waals surface area contributed by atoms with Crippen molar-refractivity contribution in [3.05, 3.63) is 18.1 Å². The van der Waals surface area contributed by atoms with Crippen molar-refractivity contribution in [2.75, 3.05) is 11.2 Å². The molecule has 2 fully saturated rings. The van der Waals surface area contributed by atoms with Crippen LogP contribution >= 0.6 is 11.6 Å². The van der Waals surface area contributed by atoms with E-state index < -0.39 is 0 Å². The zero-order valence-corrected chi connectivity index (χ0v) is 17.9. The van der Waals surface area contributed by atoms with E-state index in [4.69, 9.17) is 16.6 Å². The summed E-state index contributed by atoms with van der Waals surface area (Å²) < 4.78 is 3.98. The normalized spacial score (nSPS) is 16.4. The molecule has 0 aliphatic heterocycles. The van der Waals surface area contributed by atoms with E-state index in [-0.39, 0.29) is 17.7 Å². The number of carbonyl (C=O) groups is 2. The molecule has 0 bridgehead atoms. The lowest BCUT2D eigenvalue weighted by Crippen LogP contribution is -2.36. The first-order chi connectivity index (χ1) is 14.5. The number of nitrogens with one attached hydrogen (secondary N) is 1. The van der Waals surface area contributed by atoms with Crippen LogP contribution in [0.1, 0.15) is 38.3 Å². The van der Waals surface area contributed by atoms with E-state index in [0.29, 0.717) is 36.4 Å². The van der Waals surface area contributed by atoms with Crippen LogP contribution in [-0.4, -0.2) is 53.8 Å². The highest BCUT2D eigenvalue weighted by atomic mass is 35.5. The third-order valence-electron chi connectivity index (χ3n) is 5.98. The zero-order chi connectivity index (χ0) is 21.0. The molecule has 3 aromatic heterocycles. The van der Waals surface area contributed by atoms with Gasteiger partial charge in [-0.05, 0) is 38.7 Å². The summed E-state index contributed by atoms with van der Waals surface area (Å²) in [6.07, 6.45) is 6.57. The highest BCUT2D eigenvalue weighted by molar-refractivity contribution is 6.29. The number of aromatic nitrogens is 4. The fourth-order valence-corrected chi connectivity index (χ4v) is 4.44. The lowest BCUT2D eigenvalue weighted by Gasteiger charge is -2.22. The van der Waals surface area contributed by atoms with Gasteiger partial charge in [0, 0.05) is 36.8 Å². The maximum Gasteiger partial charge on any atom is 0.240 e. The minimum absolute atomic E-state index is 0.152. The van der Waals surface area contributed by atoms with Crippen molar-refractivity contribution in [3.63, 3.8) is 0 Å². The van der Waals surface area contributed by atoms with Gasteiger partial charge in [-0.2, -0.15) is 0 Å². The van der Waals surface area contributed by atoms with E-state index in [1.807, 2.05) is 18.5 Å². The molecule has 2 saturated carbocycles. The van der Waals surface area contributed by atoms with Crippen molar-refractivity contribution in [1.82, 2.24) is 24.0 Å². The Balaban J connectivity index is 1.59. The van der Waals surface area contributed by atoms with E-state index in [9.17, 15) is 9.59 Å². The summed E-state index contributed by atoms with van der Waals surface area (Å²) >= 11 is 5.67. The minimum atomic E-state index is -0.329. The van der Waals surface area contributed by atoms with Crippen LogP contribution in [0.5, 0.6) is 0 Å². The third-order valence-corrected chi connectivity index (χ3v) is 6.23. The van der Waals surface area contributed by atoms with Crippen molar-refractivity contribution in [2.45, 2.75) is 57.7 Å². The van der Waals surface area contributed by atoms with Gasteiger partial charge in [0.2, 0.25) is 11.8 Å². The van der Waals surface area contributed by atoms with Crippen molar-refractivity contribution < 1.29 is 9.59 Å². The van der Waals surface area contributed by atoms with Crippen LogP contribution in [0, 0.1) is 0 Å². The van der Waals surface area contributed by atoms with Crippen molar-refractivity contribution in [3.8, 4) is 0 Å². The van der Waals surface area contributed by atoms with E-state index in [1.165, 1.54) is 0 Å². The Hall–Kier alpha value is -2.61. The van der Waals surface area contributed by atoms with Gasteiger partial charge in [-0.3, -0.25) is 9.59 Å². The summed E-state index contributed by atoms with van der Waals surface area (Å²) in [5.74, 6) is 0.118. The number of nitrogens with zero attached hydrogens (tertiary/aromatic N) is 5. The molecule has 3 aromatic rings. The Morgan fingerprint density at radius 3 is 2.57 bits per heavy atom. The monoisotopic (exact) mass is 428 g/mol. The van der Waals surface area contributed by atoms with Crippen molar-refractivity contribution >= 4 is 51.3 Å². The van der Waals surface area contributed by atoms with Crippen LogP contribution in [0.15, 0.2) is 12.4 Å². The molecule has 2 aliphatic rings. The lowest BCUT2D eigenvalue weighted by molar-refractivity contribution is -0.131. The van der Waals surface area contributed by atoms with Crippen LogP contribution in [0.4, 0.5) is 5.82 Å². The molecule has 0 spiro atoms. The smallest absolute Gasteiger partial charge is 0.240 e. The number of amides is 2. The van der Waals surface area contributed by atoms with Crippen molar-refractivity contribution in [2.24, 2.45) is 7.05 Å². The summed E-state index contributed by atoms with van der Waals surface area (Å²) in [7, 11) is 1.91. The Labute approximate surface area is 179 Å². The molecule has 30 heavy (non-hydrogen) atoms. The van der Waals surface area contributed by atoms with Gasteiger partial charge in [0.1, 0.15) is 17.0 Å². The van der Waals surface area contributed by atoms with Crippen LogP contribution in [-0.2, 0) is 29.6 Å². The Morgan fingerprint density at radius 2 is 1.97 bits per heavy atom. The number of alkyl halides is 1. The second-order valence-corrected chi connectivity index (χ2v) is 8.52. The molecule has 0 atom stereocenters. The van der Waals surface area contributed by atoms with Crippen LogP contribution < -0.4 is 5.32 Å². The molecule has 0 radical (unpaired) electrons. The fraction of sp³-hybridized carbons (Fsp3) is 0.524. The number of halogens is 1. The van der Waals surface area contributed by atoms with Crippen molar-refractivity contribution in [1.29, 1.82) is 0 Å². The molecule has 0 unspecified atom stereocenters. The van der Waals surface area contributed by atoms with E-state index in [1.54, 1.807) is 6.33 Å². The molecule has 8 nitrogen and oxygen atoms in total. The van der Waals surface area contributed by atoms with Crippen LogP contribution in [0.25, 0.3) is 22.1 Å². The molecule has 9 heteroatoms. The summed E-state index contributed by atoms with van der Waals surface area (Å²) in [6.45, 7) is 2.72. The van der Waals surface area contributed by atoms with E-state index >= 15 is 0 Å². The SMILES string of the molecule is CCn1c(CC(=O)N(C2CC2)C2CC2)cc2c3c(ncn3C)c(NC(=O)CCl)nc21. The minimum Gasteiger partial charge on any atom is -0.336 e. The highest BCUT2D eigenvalue weighted by Crippen LogP contribution is 2.38. The number of imidazole rings is 1. The first kappa shape index (κ1) is 19.4. The fourth-order valence-electron chi connectivity index (χ4n) is 4.37. The molecule has 2 amide bonds. The van der Waals surface area contributed by atoms with Crippen LogP contribution in [0.3, 0.4) is 0 Å². The first-order valence-electron chi connectivity index (χ1n) is 10.5. The summed E-state index contributed by atoms with van der Waals surface area (Å²) in [5.41, 5.74) is 3.18. The predicted molar refractivity (Wildman–Crippen MR) is 116 cm³/mol. The lowest BCUT2D eigenvalue weighted by atomic mass is 10.2. The van der Waals surface area contributed by atoms with E-state index in [0.717, 1.165) is 47.9 Å². The number of pyridine rings is 1. The first-order valence-corrected chi connectivity index (χ1v) is 11.0. The number of aryl methyl sites for hydroxylation is 2. The van der Waals surface area contributed by atoms with Gasteiger partial charge >= 0.3 is 0 Å². The largest absolute Gasteiger partial charge is 0.336 e. The maximum absolute atomic E-state index is 13.2. The van der Waals surface area contributed by atoms with Gasteiger partial charge in [-0.15, -0.1) is 11.6 Å². The van der Waals surface area contributed by atoms with E-state index in [2.05, 4.69) is 25.8 Å². The topological polar surface area (TPSA) is 85.0 Å². The molecule has 1 N–H and O–H groups in total. The predicted octanol–water partition coefficient (Wildman–Crippen LogP) is 2.82. The van der Waals surface area contributed by atoms with Gasteiger partial charge in [-0.1, -0.05) is 0 Å². The Morgan fingerprint density at radius 1 is 1.27 bits per heavy atom. The average molecular weight is 429 g/mol. The highest BCUT2D eigenvalue weighted by Gasteiger charge is 2.42. The van der Waals surface area contributed by atoms with Gasteiger partial charge in [0.15, 0.2) is 5.82 Å². The number of fused-ring (bicyclic) bond motifs is 3. The quantitative estimate of drug-likeness (QED) is 0.586. The molecule has 2 aliphatic carbocycles. The molecule has 158 valence electrons. The number of rotatable bonds is 7. The summed E-state index contributed by atoms with van der Waals surface area (Å²) in [4.78, 5) is 36.3. The molecule has 0 aromatic carbocycles. The summed E-state index contributed by atoms with van der Waals surface area (Å²) in [6, 6.07) is 2.92. The zero-order valence-electron chi connectivity index (χ0n) is 17.2. The van der Waals surface area contributed by atoms with Gasteiger partial charge in [0.25, 0.3) is 0 Å². The molecule has 3 heterocycles. The third kappa shape index (κ3) is 3.23. The number of carbonyl (C=O) groups excluding carboxylic acids is 2. The standard InChI is InChI=1S/C21H25ClN6O2/c1-3-27-14(9-17(30)28(12-4-5-12)13-6-7-13)8-15-19-18(23-11-26(19)2)20(25-21(15)27)24-16(29)10-22/h8,11-13H,3-7,9-10H2,1-2H3,(H,24,25,29). The number of hydrogen-bond acceptors (Lipinski definition) is 4. The molecule has 5 rings (SSSR count). The Bertz CT molecular complexity index is 1150. The Kier molecular flexibility index (Phi) is 4.69. The molecule has 0 saturated heterocycles. The second-order valence-electron chi connectivity index (χ2n) is 8.25. The number of anilines is 1.